The summed E-state index contributed by atoms with van der Waals surface area (Å²) < 4.78 is 0. The van der Waals surface area contributed by atoms with Crippen LogP contribution < -0.4 is 0 Å². The van der Waals surface area contributed by atoms with E-state index in [-0.39, 0.29) is 6.17 Å². The molecule has 1 unspecified atom stereocenters. The Balaban J connectivity index is 1.10. The van der Waals surface area contributed by atoms with E-state index in [9.17, 15) is 0 Å². The minimum atomic E-state index is -0.121. The lowest BCUT2D eigenvalue weighted by Gasteiger charge is -2.34. The van der Waals surface area contributed by atoms with Gasteiger partial charge in [-0.05, 0) is 33.9 Å². The lowest BCUT2D eigenvalue weighted by atomic mass is 9.98. The van der Waals surface area contributed by atoms with Crippen molar-refractivity contribution in [1.29, 1.82) is 0 Å². The van der Waals surface area contributed by atoms with Crippen molar-refractivity contribution < 1.29 is 0 Å². The van der Waals surface area contributed by atoms with Gasteiger partial charge in [0.05, 0.1) is 5.71 Å². The van der Waals surface area contributed by atoms with Gasteiger partial charge < -0.3 is 4.90 Å². The minimum Gasteiger partial charge on any atom is -0.349 e. The van der Waals surface area contributed by atoms with Crippen LogP contribution in [-0.4, -0.2) is 32.6 Å². The monoisotopic (exact) mass is 631 g/mol. The molecule has 0 bridgehead atoms. The standard InChI is InChI=1S/C44H33N5/c1-49-40(34-14-6-2-7-15-34)30-39(45-44(49)38-20-12-5-13-21-38)33-26-22-31(23-27-33)32-24-28-37(29-25-32)43-47-41(35-16-8-3-9-17-35)46-42(48-43)36-18-10-4-11-19-36/h2-30,44H,1H3. The number of aromatic nitrogens is 3. The molecule has 5 nitrogen and oxygen atoms in total. The van der Waals surface area contributed by atoms with E-state index in [4.69, 9.17) is 19.9 Å². The SMILES string of the molecule is CN1C(c2ccccc2)=CC(c2ccc(-c3ccc(-c4nc(-c5ccccc5)nc(-c5ccccc5)n4)cc3)cc2)=NC1c1ccccc1. The van der Waals surface area contributed by atoms with Gasteiger partial charge in [-0.1, -0.05) is 170 Å². The first-order valence-electron chi connectivity index (χ1n) is 16.4. The van der Waals surface area contributed by atoms with Gasteiger partial charge in [-0.15, -0.1) is 0 Å². The highest BCUT2D eigenvalue weighted by molar-refractivity contribution is 6.13. The van der Waals surface area contributed by atoms with Gasteiger partial charge >= 0.3 is 0 Å². The summed E-state index contributed by atoms with van der Waals surface area (Å²) in [6, 6.07) is 58.2. The predicted octanol–water partition coefficient (Wildman–Crippen LogP) is 10.0. The van der Waals surface area contributed by atoms with Gasteiger partial charge in [0.25, 0.3) is 0 Å². The normalized spacial score (nSPS) is 14.2. The second-order valence-corrected chi connectivity index (χ2v) is 12.0. The largest absolute Gasteiger partial charge is 0.349 e. The van der Waals surface area contributed by atoms with Gasteiger partial charge in [0.2, 0.25) is 0 Å². The van der Waals surface area contributed by atoms with Crippen LogP contribution in [0, 0.1) is 0 Å². The molecule has 8 rings (SSSR count). The Morgan fingerprint density at radius 1 is 0.388 bits per heavy atom. The Labute approximate surface area is 286 Å². The van der Waals surface area contributed by atoms with E-state index in [0.29, 0.717) is 17.5 Å². The second-order valence-electron chi connectivity index (χ2n) is 12.0. The molecule has 1 aliphatic heterocycles. The van der Waals surface area contributed by atoms with Crippen molar-refractivity contribution in [2.45, 2.75) is 6.17 Å². The fraction of sp³-hybridized carbons (Fsp3) is 0.0455. The zero-order valence-corrected chi connectivity index (χ0v) is 27.1. The molecule has 0 aliphatic carbocycles. The van der Waals surface area contributed by atoms with Gasteiger partial charge in [-0.3, -0.25) is 4.99 Å². The van der Waals surface area contributed by atoms with Gasteiger partial charge in [0.15, 0.2) is 17.5 Å². The van der Waals surface area contributed by atoms with Crippen LogP contribution in [0.15, 0.2) is 181 Å². The summed E-state index contributed by atoms with van der Waals surface area (Å²) in [5.74, 6) is 1.95. The Kier molecular flexibility index (Phi) is 8.14. The number of allylic oxidation sites excluding steroid dienone is 1. The molecule has 49 heavy (non-hydrogen) atoms. The quantitative estimate of drug-likeness (QED) is 0.176. The number of aliphatic imine (C=N–C) groups is 1. The molecule has 1 aromatic heterocycles. The van der Waals surface area contributed by atoms with Crippen LogP contribution in [0.3, 0.4) is 0 Å². The van der Waals surface area contributed by atoms with Gasteiger partial charge in [0, 0.05) is 29.4 Å². The van der Waals surface area contributed by atoms with Gasteiger partial charge in [-0.25, -0.2) is 15.0 Å². The van der Waals surface area contributed by atoms with E-state index in [1.165, 1.54) is 5.56 Å². The molecule has 0 spiro atoms. The minimum absolute atomic E-state index is 0.121. The molecule has 234 valence electrons. The second kappa shape index (κ2) is 13.3. The van der Waals surface area contributed by atoms with E-state index in [2.05, 4.69) is 121 Å². The molecule has 5 heteroatoms. The molecule has 6 aromatic carbocycles. The van der Waals surface area contributed by atoms with Crippen molar-refractivity contribution in [1.82, 2.24) is 19.9 Å². The summed E-state index contributed by atoms with van der Waals surface area (Å²) in [4.78, 5) is 22.1. The number of rotatable bonds is 7. The molecule has 0 amide bonds. The maximum Gasteiger partial charge on any atom is 0.164 e. The third-order valence-electron chi connectivity index (χ3n) is 8.81. The Bertz CT molecular complexity index is 2190. The zero-order chi connectivity index (χ0) is 33.0. The average Bonchev–Trinajstić information content (AvgIpc) is 3.19. The maximum atomic E-state index is 5.23. The van der Waals surface area contributed by atoms with E-state index < -0.39 is 0 Å². The molecule has 1 atom stereocenters. The summed E-state index contributed by atoms with van der Waals surface area (Å²) in [5, 5.41) is 0. The predicted molar refractivity (Wildman–Crippen MR) is 199 cm³/mol. The van der Waals surface area contributed by atoms with E-state index in [0.717, 1.165) is 50.4 Å². The molecule has 2 heterocycles. The van der Waals surface area contributed by atoms with Crippen molar-refractivity contribution in [2.75, 3.05) is 7.05 Å². The number of benzene rings is 6. The summed E-state index contributed by atoms with van der Waals surface area (Å²) in [6.07, 6.45) is 2.07. The molecular weight excluding hydrogens is 599 g/mol. The number of nitrogens with zero attached hydrogens (tertiary/aromatic N) is 5. The smallest absolute Gasteiger partial charge is 0.164 e. The average molecular weight is 632 g/mol. The van der Waals surface area contributed by atoms with Crippen molar-refractivity contribution >= 4 is 11.4 Å². The van der Waals surface area contributed by atoms with Crippen LogP contribution >= 0.6 is 0 Å². The lowest BCUT2D eigenvalue weighted by molar-refractivity contribution is 0.364. The summed E-state index contributed by atoms with van der Waals surface area (Å²) in [7, 11) is 2.12. The first kappa shape index (κ1) is 29.9. The third-order valence-corrected chi connectivity index (χ3v) is 8.81. The summed E-state index contributed by atoms with van der Waals surface area (Å²) >= 11 is 0. The molecule has 0 saturated heterocycles. The van der Waals surface area contributed by atoms with Gasteiger partial charge in [-0.2, -0.15) is 0 Å². The Hall–Kier alpha value is -6.46. The van der Waals surface area contributed by atoms with Gasteiger partial charge in [0.1, 0.15) is 6.17 Å². The molecule has 0 radical (unpaired) electrons. The fourth-order valence-corrected chi connectivity index (χ4v) is 6.18. The molecule has 0 saturated carbocycles. The molecular formula is C44H33N5. The van der Waals surface area contributed by atoms with Crippen LogP contribution in [0.25, 0.3) is 51.0 Å². The lowest BCUT2D eigenvalue weighted by Crippen LogP contribution is -2.27. The summed E-state index contributed by atoms with van der Waals surface area (Å²) in [6.45, 7) is 0. The Morgan fingerprint density at radius 3 is 1.22 bits per heavy atom. The highest BCUT2D eigenvalue weighted by Crippen LogP contribution is 2.35. The topological polar surface area (TPSA) is 54.3 Å². The fourth-order valence-electron chi connectivity index (χ4n) is 6.18. The van der Waals surface area contributed by atoms with Crippen LogP contribution in [0.1, 0.15) is 22.9 Å². The Morgan fingerprint density at radius 2 is 0.755 bits per heavy atom. The van der Waals surface area contributed by atoms with Crippen molar-refractivity contribution in [3.05, 3.63) is 193 Å². The first-order valence-corrected chi connectivity index (χ1v) is 16.4. The molecule has 1 aliphatic rings. The van der Waals surface area contributed by atoms with Crippen molar-refractivity contribution in [3.8, 4) is 45.3 Å². The van der Waals surface area contributed by atoms with Crippen molar-refractivity contribution in [3.63, 3.8) is 0 Å². The number of hydrogen-bond donors (Lipinski definition) is 0. The zero-order valence-electron chi connectivity index (χ0n) is 27.1. The molecule has 0 N–H and O–H groups in total. The van der Waals surface area contributed by atoms with Crippen LogP contribution in [0.2, 0.25) is 0 Å². The van der Waals surface area contributed by atoms with Crippen LogP contribution in [-0.2, 0) is 0 Å². The highest BCUT2D eigenvalue weighted by atomic mass is 15.2. The third kappa shape index (κ3) is 6.30. The molecule has 0 fully saturated rings. The van der Waals surface area contributed by atoms with E-state index in [1.54, 1.807) is 0 Å². The van der Waals surface area contributed by atoms with Crippen LogP contribution in [0.5, 0.6) is 0 Å². The van der Waals surface area contributed by atoms with Crippen LogP contribution in [0.4, 0.5) is 0 Å². The highest BCUT2D eigenvalue weighted by Gasteiger charge is 2.25. The van der Waals surface area contributed by atoms with Crippen molar-refractivity contribution in [2.24, 2.45) is 4.99 Å². The van der Waals surface area contributed by atoms with E-state index >= 15 is 0 Å². The first-order chi connectivity index (χ1) is 24.2. The molecule has 7 aromatic rings. The van der Waals surface area contributed by atoms with E-state index in [1.807, 2.05) is 66.7 Å². The number of hydrogen-bond acceptors (Lipinski definition) is 5. The summed E-state index contributed by atoms with van der Waals surface area (Å²) in [5.41, 5.74) is 10.6. The maximum absolute atomic E-state index is 5.23.